The van der Waals surface area contributed by atoms with Crippen LogP contribution in [0.3, 0.4) is 0 Å². The molecule has 74 valence electrons. The van der Waals surface area contributed by atoms with Crippen LogP contribution >= 0.6 is 0 Å². The van der Waals surface area contributed by atoms with Gasteiger partial charge in [-0.1, -0.05) is 27.2 Å². The second-order valence-electron chi connectivity index (χ2n) is 3.94. The van der Waals surface area contributed by atoms with E-state index in [-0.39, 0.29) is 0 Å². The molecule has 2 heteroatoms. The van der Waals surface area contributed by atoms with Crippen LogP contribution in [-0.2, 0) is 6.54 Å². The minimum atomic E-state index is 0.582. The molecule has 0 aliphatic heterocycles. The quantitative estimate of drug-likeness (QED) is 0.696. The zero-order chi connectivity index (χ0) is 9.84. The number of unbranched alkanes of at least 4 members (excludes halogenated alkanes) is 1. The van der Waals surface area contributed by atoms with E-state index in [4.69, 9.17) is 0 Å². The lowest BCUT2D eigenvalue weighted by molar-refractivity contribution is 0.533. The van der Waals surface area contributed by atoms with Crippen molar-refractivity contribution in [1.29, 1.82) is 0 Å². The third kappa shape index (κ3) is 2.58. The van der Waals surface area contributed by atoms with Gasteiger partial charge in [-0.15, -0.1) is 0 Å². The average Bonchev–Trinajstić information content (AvgIpc) is 2.43. The number of aromatic nitrogens is 2. The zero-order valence-electron chi connectivity index (χ0n) is 9.17. The smallest absolute Gasteiger partial charge is 0.0596 e. The molecule has 0 spiro atoms. The van der Waals surface area contributed by atoms with Crippen LogP contribution in [0.1, 0.15) is 50.9 Å². The monoisotopic (exact) mass is 180 g/mol. The number of aryl methyl sites for hydroxylation is 2. The van der Waals surface area contributed by atoms with Crippen LogP contribution in [0.15, 0.2) is 6.07 Å². The number of hydrogen-bond acceptors (Lipinski definition) is 1. The molecule has 1 heterocycles. The highest BCUT2D eigenvalue weighted by Crippen LogP contribution is 2.15. The summed E-state index contributed by atoms with van der Waals surface area (Å²) >= 11 is 0. The lowest BCUT2D eigenvalue weighted by Gasteiger charge is -2.08. The fraction of sp³-hybridized carbons (Fsp3) is 0.727. The van der Waals surface area contributed by atoms with E-state index in [2.05, 4.69) is 43.5 Å². The first-order chi connectivity index (χ1) is 6.15. The van der Waals surface area contributed by atoms with Gasteiger partial charge in [0.15, 0.2) is 0 Å². The van der Waals surface area contributed by atoms with Crippen molar-refractivity contribution in [2.24, 2.45) is 0 Å². The largest absolute Gasteiger partial charge is 0.269 e. The first kappa shape index (κ1) is 10.3. The van der Waals surface area contributed by atoms with E-state index in [0.29, 0.717) is 5.92 Å². The zero-order valence-corrected chi connectivity index (χ0v) is 9.17. The Kier molecular flexibility index (Phi) is 3.52. The van der Waals surface area contributed by atoms with Crippen LogP contribution in [0, 0.1) is 6.92 Å². The normalized spacial score (nSPS) is 11.2. The van der Waals surface area contributed by atoms with Crippen molar-refractivity contribution in [3.05, 3.63) is 17.5 Å². The maximum atomic E-state index is 4.49. The van der Waals surface area contributed by atoms with Gasteiger partial charge in [-0.3, -0.25) is 4.68 Å². The van der Waals surface area contributed by atoms with Crippen molar-refractivity contribution in [3.63, 3.8) is 0 Å². The highest BCUT2D eigenvalue weighted by molar-refractivity contribution is 5.12. The molecule has 0 unspecified atom stereocenters. The Balaban J connectivity index is 2.78. The van der Waals surface area contributed by atoms with Crippen molar-refractivity contribution >= 4 is 0 Å². The summed E-state index contributed by atoms with van der Waals surface area (Å²) in [6.07, 6.45) is 2.46. The van der Waals surface area contributed by atoms with Crippen molar-refractivity contribution in [1.82, 2.24) is 9.78 Å². The van der Waals surface area contributed by atoms with Crippen LogP contribution < -0.4 is 0 Å². The van der Waals surface area contributed by atoms with Crippen LogP contribution in [0.2, 0.25) is 0 Å². The maximum absolute atomic E-state index is 4.49. The van der Waals surface area contributed by atoms with Crippen molar-refractivity contribution in [3.8, 4) is 0 Å². The highest BCUT2D eigenvalue weighted by atomic mass is 15.3. The van der Waals surface area contributed by atoms with Gasteiger partial charge in [0.05, 0.1) is 5.69 Å². The minimum absolute atomic E-state index is 0.582. The predicted molar refractivity (Wildman–Crippen MR) is 56.0 cm³/mol. The van der Waals surface area contributed by atoms with E-state index < -0.39 is 0 Å². The second-order valence-corrected chi connectivity index (χ2v) is 3.94. The molecular formula is C11H20N2. The summed E-state index contributed by atoms with van der Waals surface area (Å²) in [5.74, 6) is 0.582. The average molecular weight is 180 g/mol. The van der Waals surface area contributed by atoms with Crippen molar-refractivity contribution in [2.75, 3.05) is 0 Å². The maximum Gasteiger partial charge on any atom is 0.0596 e. The molecule has 0 aromatic carbocycles. The van der Waals surface area contributed by atoms with E-state index >= 15 is 0 Å². The first-order valence-electron chi connectivity index (χ1n) is 5.19. The van der Waals surface area contributed by atoms with Gasteiger partial charge in [-0.25, -0.2) is 0 Å². The van der Waals surface area contributed by atoms with Crippen molar-refractivity contribution < 1.29 is 0 Å². The second kappa shape index (κ2) is 4.45. The molecule has 1 aromatic heterocycles. The summed E-state index contributed by atoms with van der Waals surface area (Å²) in [5.41, 5.74) is 2.51. The van der Waals surface area contributed by atoms with E-state index in [1.807, 2.05) is 0 Å². The van der Waals surface area contributed by atoms with Crippen LogP contribution in [-0.4, -0.2) is 9.78 Å². The van der Waals surface area contributed by atoms with E-state index in [0.717, 1.165) is 12.2 Å². The molecule has 1 aromatic rings. The van der Waals surface area contributed by atoms with Gasteiger partial charge in [0, 0.05) is 12.2 Å². The lowest BCUT2D eigenvalue weighted by Crippen LogP contribution is -2.06. The molecule has 0 aliphatic carbocycles. The van der Waals surface area contributed by atoms with Crippen LogP contribution in [0.4, 0.5) is 0 Å². The molecule has 0 saturated carbocycles. The van der Waals surface area contributed by atoms with Crippen molar-refractivity contribution in [2.45, 2.75) is 53.0 Å². The number of nitrogens with zero attached hydrogens (tertiary/aromatic N) is 2. The third-order valence-corrected chi connectivity index (χ3v) is 2.25. The third-order valence-electron chi connectivity index (χ3n) is 2.25. The van der Waals surface area contributed by atoms with Gasteiger partial charge in [0.1, 0.15) is 0 Å². The summed E-state index contributed by atoms with van der Waals surface area (Å²) in [6, 6.07) is 2.19. The molecule has 0 N–H and O–H groups in total. The molecule has 13 heavy (non-hydrogen) atoms. The van der Waals surface area contributed by atoms with E-state index in [1.54, 1.807) is 0 Å². The number of rotatable bonds is 4. The Morgan fingerprint density at radius 1 is 1.46 bits per heavy atom. The van der Waals surface area contributed by atoms with Gasteiger partial charge in [0.2, 0.25) is 0 Å². The first-order valence-corrected chi connectivity index (χ1v) is 5.19. The fourth-order valence-electron chi connectivity index (χ4n) is 1.52. The predicted octanol–water partition coefficient (Wildman–Crippen LogP) is 3.12. The topological polar surface area (TPSA) is 17.8 Å². The van der Waals surface area contributed by atoms with Crippen LogP contribution in [0.5, 0.6) is 0 Å². The Bertz CT molecular complexity index is 261. The van der Waals surface area contributed by atoms with Crippen LogP contribution in [0.25, 0.3) is 0 Å². The van der Waals surface area contributed by atoms with Gasteiger partial charge < -0.3 is 0 Å². The van der Waals surface area contributed by atoms with Gasteiger partial charge in [0.25, 0.3) is 0 Å². The fourth-order valence-corrected chi connectivity index (χ4v) is 1.52. The Labute approximate surface area is 81.0 Å². The summed E-state index contributed by atoms with van der Waals surface area (Å²) in [4.78, 5) is 0. The molecule has 0 radical (unpaired) electrons. The summed E-state index contributed by atoms with van der Waals surface area (Å²) in [5, 5.41) is 4.49. The molecule has 0 bridgehead atoms. The van der Waals surface area contributed by atoms with Gasteiger partial charge in [-0.05, 0) is 25.3 Å². The SMILES string of the molecule is CCCCn1nc(C)cc1C(C)C. The summed E-state index contributed by atoms with van der Waals surface area (Å²) in [6.45, 7) is 9.79. The van der Waals surface area contributed by atoms with E-state index in [9.17, 15) is 0 Å². The lowest BCUT2D eigenvalue weighted by atomic mass is 10.1. The number of hydrogen-bond donors (Lipinski definition) is 0. The molecule has 1 rings (SSSR count). The molecule has 0 aliphatic rings. The van der Waals surface area contributed by atoms with E-state index in [1.165, 1.54) is 18.5 Å². The Morgan fingerprint density at radius 3 is 2.69 bits per heavy atom. The van der Waals surface area contributed by atoms with Gasteiger partial charge >= 0.3 is 0 Å². The molecule has 0 fully saturated rings. The van der Waals surface area contributed by atoms with Gasteiger partial charge in [-0.2, -0.15) is 5.10 Å². The molecule has 0 amide bonds. The summed E-state index contributed by atoms with van der Waals surface area (Å²) < 4.78 is 2.16. The molecule has 2 nitrogen and oxygen atoms in total. The minimum Gasteiger partial charge on any atom is -0.269 e. The summed E-state index contributed by atoms with van der Waals surface area (Å²) in [7, 11) is 0. The Morgan fingerprint density at radius 2 is 2.15 bits per heavy atom. The molecular weight excluding hydrogens is 160 g/mol. The molecule has 0 atom stereocenters. The Hall–Kier alpha value is -0.790. The standard InChI is InChI=1S/C11H20N2/c1-5-6-7-13-11(9(2)3)8-10(4)12-13/h8-9H,5-7H2,1-4H3. The highest BCUT2D eigenvalue weighted by Gasteiger charge is 2.07. The molecule has 0 saturated heterocycles.